The number of aliphatic hydroxyl groups is 1. The van der Waals surface area contributed by atoms with E-state index in [0.29, 0.717) is 35.2 Å². The number of hydrogen-bond donors (Lipinski definition) is 1. The van der Waals surface area contributed by atoms with Crippen LogP contribution in [0.1, 0.15) is 28.1 Å². The second kappa shape index (κ2) is 6.94. The third-order valence-corrected chi connectivity index (χ3v) is 7.06. The van der Waals surface area contributed by atoms with Crippen molar-refractivity contribution in [1.82, 2.24) is 24.6 Å². The summed E-state index contributed by atoms with van der Waals surface area (Å²) in [5, 5.41) is 15.1. The Labute approximate surface area is 189 Å². The Morgan fingerprint density at radius 2 is 2.00 bits per heavy atom. The number of nitrogens with zero attached hydrogens (tertiary/aromatic N) is 7. The van der Waals surface area contributed by atoms with E-state index in [1.165, 1.54) is 4.90 Å². The quantitative estimate of drug-likeness (QED) is 0.633. The molecule has 0 radical (unpaired) electrons. The highest BCUT2D eigenvalue weighted by Gasteiger charge is 2.58. The van der Waals surface area contributed by atoms with Crippen LogP contribution in [0, 0.1) is 11.8 Å². The van der Waals surface area contributed by atoms with Gasteiger partial charge in [-0.05, 0) is 30.0 Å². The van der Waals surface area contributed by atoms with Gasteiger partial charge in [-0.25, -0.2) is 4.98 Å². The Kier molecular flexibility index (Phi) is 4.25. The van der Waals surface area contributed by atoms with Crippen molar-refractivity contribution in [3.8, 4) is 0 Å². The molecule has 32 heavy (non-hydrogen) atoms. The average Bonchev–Trinajstić information content (AvgIpc) is 3.23. The van der Waals surface area contributed by atoms with E-state index in [1.807, 2.05) is 18.2 Å². The number of rotatable bonds is 4. The Balaban J connectivity index is 1.16. The molecule has 3 atom stereocenters. The number of halogens is 1. The minimum absolute atomic E-state index is 0.246. The Bertz CT molecular complexity index is 1200. The predicted octanol–water partition coefficient (Wildman–Crippen LogP) is 1.62. The molecule has 0 spiro atoms. The first kappa shape index (κ1) is 19.6. The van der Waals surface area contributed by atoms with E-state index in [-0.39, 0.29) is 12.5 Å². The van der Waals surface area contributed by atoms with E-state index in [1.54, 1.807) is 29.9 Å². The minimum atomic E-state index is -1.05. The standard InChI is InChI=1S/C21H22ClN7O3/c1-26-19-17(20(30)27(2)21(26)31)29(10-23-19)9-15-24-18(25-32-15)16-13-7-28(8-14(13)16)12-5-3-4-11(22)6-12/h3-6,10,13-14,16,21,31H,7-9H2,1-2H3. The molecule has 1 N–H and O–H groups in total. The van der Waals surface area contributed by atoms with Gasteiger partial charge in [0.2, 0.25) is 12.2 Å². The molecule has 166 valence electrons. The van der Waals surface area contributed by atoms with Crippen molar-refractivity contribution in [3.63, 3.8) is 0 Å². The van der Waals surface area contributed by atoms with Crippen LogP contribution in [0.2, 0.25) is 5.02 Å². The molecule has 4 heterocycles. The molecule has 6 rings (SSSR count). The second-order valence-electron chi connectivity index (χ2n) is 8.70. The zero-order chi connectivity index (χ0) is 22.1. The summed E-state index contributed by atoms with van der Waals surface area (Å²) < 4.78 is 7.19. The number of benzene rings is 1. The predicted molar refractivity (Wildman–Crippen MR) is 116 cm³/mol. The van der Waals surface area contributed by atoms with E-state index >= 15 is 0 Å². The van der Waals surface area contributed by atoms with Gasteiger partial charge in [0.1, 0.15) is 6.54 Å². The molecule has 10 nitrogen and oxygen atoms in total. The Morgan fingerprint density at radius 3 is 2.75 bits per heavy atom. The molecule has 11 heteroatoms. The Morgan fingerprint density at radius 1 is 1.22 bits per heavy atom. The highest BCUT2D eigenvalue weighted by Crippen LogP contribution is 2.58. The fourth-order valence-corrected chi connectivity index (χ4v) is 5.20. The third kappa shape index (κ3) is 2.90. The summed E-state index contributed by atoms with van der Waals surface area (Å²) in [5.74, 6) is 2.59. The third-order valence-electron chi connectivity index (χ3n) is 6.82. The van der Waals surface area contributed by atoms with Crippen LogP contribution in [0.15, 0.2) is 35.1 Å². The lowest BCUT2D eigenvalue weighted by atomic mass is 10.2. The van der Waals surface area contributed by atoms with Crippen molar-refractivity contribution >= 4 is 29.0 Å². The topological polar surface area (TPSA) is 104 Å². The molecule has 3 unspecified atom stereocenters. The van der Waals surface area contributed by atoms with Gasteiger partial charge in [-0.2, -0.15) is 4.98 Å². The summed E-state index contributed by atoms with van der Waals surface area (Å²) in [6.07, 6.45) is 0.512. The lowest BCUT2D eigenvalue weighted by molar-refractivity contribution is 0.0152. The van der Waals surface area contributed by atoms with Crippen LogP contribution in [0.25, 0.3) is 0 Å². The summed E-state index contributed by atoms with van der Waals surface area (Å²) in [4.78, 5) is 26.7. The van der Waals surface area contributed by atoms with Gasteiger partial charge in [0, 0.05) is 43.8 Å². The van der Waals surface area contributed by atoms with Crippen LogP contribution in [0.5, 0.6) is 0 Å². The number of amides is 1. The molecule has 1 saturated heterocycles. The van der Waals surface area contributed by atoms with Gasteiger partial charge >= 0.3 is 0 Å². The van der Waals surface area contributed by atoms with Gasteiger partial charge in [-0.15, -0.1) is 0 Å². The normalized spacial score (nSPS) is 26.5. The highest BCUT2D eigenvalue weighted by molar-refractivity contribution is 6.30. The maximum atomic E-state index is 12.7. The molecule has 1 amide bonds. The lowest BCUT2D eigenvalue weighted by Gasteiger charge is -2.36. The van der Waals surface area contributed by atoms with E-state index in [9.17, 15) is 9.90 Å². The molecule has 2 fully saturated rings. The summed E-state index contributed by atoms with van der Waals surface area (Å²) in [6.45, 7) is 2.14. The number of piperidine rings is 1. The molecule has 3 aliphatic rings. The Hall–Kier alpha value is -3.11. The maximum absolute atomic E-state index is 12.7. The van der Waals surface area contributed by atoms with Gasteiger partial charge in [0.15, 0.2) is 17.3 Å². The van der Waals surface area contributed by atoms with Crippen molar-refractivity contribution in [1.29, 1.82) is 0 Å². The number of hydrogen-bond acceptors (Lipinski definition) is 8. The van der Waals surface area contributed by atoms with Crippen molar-refractivity contribution in [3.05, 3.63) is 53.0 Å². The first-order valence-electron chi connectivity index (χ1n) is 10.5. The van der Waals surface area contributed by atoms with E-state index < -0.39 is 6.35 Å². The molecular formula is C21H22ClN7O3. The molecule has 1 aromatic carbocycles. The van der Waals surface area contributed by atoms with E-state index in [2.05, 4.69) is 26.1 Å². The number of carbonyl (C=O) groups is 1. The van der Waals surface area contributed by atoms with Gasteiger partial charge in [-0.1, -0.05) is 22.8 Å². The first-order valence-corrected chi connectivity index (χ1v) is 10.9. The van der Waals surface area contributed by atoms with Crippen molar-refractivity contribution in [2.24, 2.45) is 11.8 Å². The zero-order valence-electron chi connectivity index (χ0n) is 17.6. The van der Waals surface area contributed by atoms with Crippen LogP contribution in [-0.2, 0) is 6.54 Å². The smallest absolute Gasteiger partial charge is 0.277 e. The number of carbonyl (C=O) groups excluding carboxylic acids is 1. The fourth-order valence-electron chi connectivity index (χ4n) is 5.02. The minimum Gasteiger partial charge on any atom is -0.371 e. The van der Waals surface area contributed by atoms with E-state index in [4.69, 9.17) is 16.1 Å². The van der Waals surface area contributed by atoms with Crippen molar-refractivity contribution < 1.29 is 14.4 Å². The van der Waals surface area contributed by atoms with Crippen LogP contribution in [0.3, 0.4) is 0 Å². The molecular weight excluding hydrogens is 434 g/mol. The van der Waals surface area contributed by atoms with Gasteiger partial charge in [0.25, 0.3) is 5.91 Å². The average molecular weight is 456 g/mol. The van der Waals surface area contributed by atoms with Crippen LogP contribution >= 0.6 is 11.6 Å². The summed E-state index contributed by atoms with van der Waals surface area (Å²) in [7, 11) is 3.24. The van der Waals surface area contributed by atoms with E-state index in [0.717, 1.165) is 29.6 Å². The molecule has 2 aromatic heterocycles. The summed E-state index contributed by atoms with van der Waals surface area (Å²) in [6, 6.07) is 7.93. The number of aromatic nitrogens is 4. The lowest BCUT2D eigenvalue weighted by Crippen LogP contribution is -2.52. The highest BCUT2D eigenvalue weighted by atomic mass is 35.5. The molecule has 2 aliphatic heterocycles. The monoisotopic (exact) mass is 455 g/mol. The first-order chi connectivity index (χ1) is 15.4. The van der Waals surface area contributed by atoms with Crippen molar-refractivity contribution in [2.45, 2.75) is 18.8 Å². The van der Waals surface area contributed by atoms with Gasteiger partial charge in [0.05, 0.1) is 6.33 Å². The van der Waals surface area contributed by atoms with Gasteiger partial charge in [-0.3, -0.25) is 9.69 Å². The largest absolute Gasteiger partial charge is 0.371 e. The number of fused-ring (bicyclic) bond motifs is 2. The maximum Gasteiger partial charge on any atom is 0.277 e. The number of imidazole rings is 1. The molecule has 1 aliphatic carbocycles. The number of aliphatic hydroxyl groups excluding tert-OH is 1. The summed E-state index contributed by atoms with van der Waals surface area (Å²) in [5.41, 5.74) is 1.53. The summed E-state index contributed by atoms with van der Waals surface area (Å²) >= 11 is 6.13. The molecule has 3 aromatic rings. The van der Waals surface area contributed by atoms with Crippen LogP contribution < -0.4 is 9.80 Å². The van der Waals surface area contributed by atoms with Gasteiger partial charge < -0.3 is 24.0 Å². The second-order valence-corrected chi connectivity index (χ2v) is 9.14. The number of anilines is 2. The fraction of sp³-hybridized carbons (Fsp3) is 0.429. The zero-order valence-corrected chi connectivity index (χ0v) is 18.3. The van der Waals surface area contributed by atoms with Crippen LogP contribution in [-0.4, -0.2) is 69.1 Å². The molecule has 1 saturated carbocycles. The SMILES string of the molecule is CN1C(=O)c2c(ncn2Cc2nc(C3C4CN(c5cccc(Cl)c5)CC43)no2)N(C)C1O. The molecule has 0 bridgehead atoms. The van der Waals surface area contributed by atoms with Crippen LogP contribution in [0.4, 0.5) is 11.5 Å². The van der Waals surface area contributed by atoms with Crippen molar-refractivity contribution in [2.75, 3.05) is 37.0 Å².